The second-order valence-corrected chi connectivity index (χ2v) is 4.82. The van der Waals surface area contributed by atoms with Gasteiger partial charge >= 0.3 is 0 Å². The first kappa shape index (κ1) is 14.4. The van der Waals surface area contributed by atoms with Crippen LogP contribution < -0.4 is 16.6 Å². The summed E-state index contributed by atoms with van der Waals surface area (Å²) in [5, 5.41) is 2.89. The number of hydrogen-bond acceptors (Lipinski definition) is 3. The molecule has 0 rings (SSSR count). The molecule has 0 aliphatic carbocycles. The van der Waals surface area contributed by atoms with Crippen LogP contribution in [0.25, 0.3) is 0 Å². The van der Waals surface area contributed by atoms with E-state index in [0.29, 0.717) is 11.8 Å². The van der Waals surface area contributed by atoms with E-state index >= 15 is 0 Å². The van der Waals surface area contributed by atoms with Gasteiger partial charge in [0.25, 0.3) is 0 Å². The Morgan fingerprint density at radius 3 is 2.20 bits per heavy atom. The molecular formula is C11H25N3O. The predicted molar refractivity (Wildman–Crippen MR) is 63.0 cm³/mol. The molecule has 0 aromatic carbocycles. The first-order valence-corrected chi connectivity index (χ1v) is 5.71. The highest BCUT2D eigenvalue weighted by Crippen LogP contribution is 2.04. The maximum Gasteiger partial charge on any atom is 0.238 e. The van der Waals surface area contributed by atoms with Crippen LogP contribution in [0.15, 0.2) is 0 Å². The monoisotopic (exact) mass is 215 g/mol. The molecule has 4 N–H and O–H groups in total. The molecule has 0 radical (unpaired) electrons. The Labute approximate surface area is 93.0 Å². The van der Waals surface area contributed by atoms with E-state index in [0.717, 1.165) is 19.4 Å². The molecule has 0 saturated carbocycles. The van der Waals surface area contributed by atoms with Gasteiger partial charge in [-0.1, -0.05) is 27.7 Å². The third-order valence-electron chi connectivity index (χ3n) is 2.25. The first-order chi connectivity index (χ1) is 6.97. The molecule has 0 aromatic heterocycles. The van der Waals surface area contributed by atoms with Crippen LogP contribution in [0.3, 0.4) is 0 Å². The smallest absolute Gasteiger partial charge is 0.238 e. The molecule has 0 heterocycles. The summed E-state index contributed by atoms with van der Waals surface area (Å²) in [6.45, 7) is 9.15. The molecule has 0 bridgehead atoms. The minimum atomic E-state index is -0.267. The summed E-state index contributed by atoms with van der Waals surface area (Å²) in [6, 6.07) is -0.267. The number of hydrogen-bond donors (Lipinski definition) is 3. The van der Waals surface area contributed by atoms with Crippen LogP contribution in [0.1, 0.15) is 40.5 Å². The zero-order chi connectivity index (χ0) is 11.8. The lowest BCUT2D eigenvalue weighted by atomic mass is 10.0. The maximum atomic E-state index is 11.6. The van der Waals surface area contributed by atoms with E-state index in [1.807, 2.05) is 0 Å². The fraction of sp³-hybridized carbons (Fsp3) is 0.909. The topological polar surface area (TPSA) is 67.2 Å². The third-order valence-corrected chi connectivity index (χ3v) is 2.25. The number of hydrazine groups is 1. The normalized spacial score (nSPS) is 13.3. The Hall–Kier alpha value is -0.610. The van der Waals surface area contributed by atoms with Gasteiger partial charge in [-0.15, -0.1) is 0 Å². The van der Waals surface area contributed by atoms with Gasteiger partial charge in [0.15, 0.2) is 0 Å². The molecule has 4 heteroatoms. The predicted octanol–water partition coefficient (Wildman–Crippen LogP) is 1.03. The molecule has 0 aliphatic rings. The number of rotatable bonds is 7. The van der Waals surface area contributed by atoms with Crippen molar-refractivity contribution >= 4 is 5.91 Å². The molecular weight excluding hydrogens is 190 g/mol. The number of amides is 1. The van der Waals surface area contributed by atoms with Crippen molar-refractivity contribution in [2.45, 2.75) is 46.6 Å². The second-order valence-electron chi connectivity index (χ2n) is 4.82. The van der Waals surface area contributed by atoms with Gasteiger partial charge in [0.1, 0.15) is 0 Å². The van der Waals surface area contributed by atoms with Gasteiger partial charge in [-0.05, 0) is 24.7 Å². The molecule has 1 atom stereocenters. The van der Waals surface area contributed by atoms with E-state index in [4.69, 9.17) is 5.84 Å². The summed E-state index contributed by atoms with van der Waals surface area (Å²) >= 11 is 0. The Balaban J connectivity index is 3.83. The lowest BCUT2D eigenvalue weighted by molar-refractivity contribution is -0.123. The van der Waals surface area contributed by atoms with E-state index in [1.54, 1.807) is 0 Å². The molecule has 90 valence electrons. The molecule has 15 heavy (non-hydrogen) atoms. The van der Waals surface area contributed by atoms with Crippen LogP contribution in [-0.4, -0.2) is 18.5 Å². The Kier molecular flexibility index (Phi) is 7.34. The van der Waals surface area contributed by atoms with Gasteiger partial charge in [0, 0.05) is 6.54 Å². The lowest BCUT2D eigenvalue weighted by Gasteiger charge is -2.17. The number of carbonyl (C=O) groups excluding carboxylic acids is 1. The van der Waals surface area contributed by atoms with Crippen LogP contribution in [0.5, 0.6) is 0 Å². The maximum absolute atomic E-state index is 11.6. The van der Waals surface area contributed by atoms with Crippen molar-refractivity contribution < 1.29 is 4.79 Å². The van der Waals surface area contributed by atoms with E-state index in [-0.39, 0.29) is 11.9 Å². The molecule has 1 unspecified atom stereocenters. The number of nitrogens with two attached hydrogens (primary N) is 1. The Morgan fingerprint density at radius 2 is 1.80 bits per heavy atom. The van der Waals surface area contributed by atoms with Crippen LogP contribution in [0.4, 0.5) is 0 Å². The fourth-order valence-corrected chi connectivity index (χ4v) is 1.33. The lowest BCUT2D eigenvalue weighted by Crippen LogP contribution is -2.48. The summed E-state index contributed by atoms with van der Waals surface area (Å²) in [7, 11) is 0. The van der Waals surface area contributed by atoms with Gasteiger partial charge in [-0.2, -0.15) is 0 Å². The zero-order valence-corrected chi connectivity index (χ0v) is 10.3. The van der Waals surface area contributed by atoms with Gasteiger partial charge in [-0.3, -0.25) is 10.6 Å². The molecule has 0 spiro atoms. The van der Waals surface area contributed by atoms with Crippen molar-refractivity contribution in [3.05, 3.63) is 0 Å². The van der Waals surface area contributed by atoms with Gasteiger partial charge in [0.2, 0.25) is 5.91 Å². The van der Waals surface area contributed by atoms with Crippen LogP contribution >= 0.6 is 0 Å². The zero-order valence-electron chi connectivity index (χ0n) is 10.3. The quantitative estimate of drug-likeness (QED) is 0.439. The van der Waals surface area contributed by atoms with E-state index < -0.39 is 0 Å². The average molecular weight is 215 g/mol. The van der Waals surface area contributed by atoms with Crippen LogP contribution in [0.2, 0.25) is 0 Å². The molecule has 1 amide bonds. The second kappa shape index (κ2) is 7.65. The molecule has 0 fully saturated rings. The summed E-state index contributed by atoms with van der Waals surface area (Å²) in [5.74, 6) is 6.42. The van der Waals surface area contributed by atoms with Crippen LogP contribution in [-0.2, 0) is 4.79 Å². The SMILES string of the molecule is CC(C)CCNC(=O)C(CC(C)C)NN. The summed E-state index contributed by atoms with van der Waals surface area (Å²) in [6.07, 6.45) is 1.77. The molecule has 0 aliphatic heterocycles. The highest BCUT2D eigenvalue weighted by Gasteiger charge is 2.17. The summed E-state index contributed by atoms with van der Waals surface area (Å²) in [5.41, 5.74) is 2.56. The molecule has 0 aromatic rings. The van der Waals surface area contributed by atoms with E-state index in [1.165, 1.54) is 0 Å². The standard InChI is InChI=1S/C11H25N3O/c1-8(2)5-6-13-11(15)10(14-12)7-9(3)4/h8-10,14H,5-7,12H2,1-4H3,(H,13,15). The highest BCUT2D eigenvalue weighted by atomic mass is 16.2. The minimum Gasteiger partial charge on any atom is -0.355 e. The largest absolute Gasteiger partial charge is 0.355 e. The Morgan fingerprint density at radius 1 is 1.20 bits per heavy atom. The van der Waals surface area contributed by atoms with Gasteiger partial charge in [-0.25, -0.2) is 5.43 Å². The fourth-order valence-electron chi connectivity index (χ4n) is 1.33. The first-order valence-electron chi connectivity index (χ1n) is 5.71. The minimum absolute atomic E-state index is 0.00634. The highest BCUT2D eigenvalue weighted by molar-refractivity contribution is 5.81. The van der Waals surface area contributed by atoms with Crippen LogP contribution in [0, 0.1) is 11.8 Å². The van der Waals surface area contributed by atoms with Crippen molar-refractivity contribution in [2.75, 3.05) is 6.54 Å². The van der Waals surface area contributed by atoms with Crippen molar-refractivity contribution in [3.63, 3.8) is 0 Å². The van der Waals surface area contributed by atoms with Gasteiger partial charge < -0.3 is 5.32 Å². The average Bonchev–Trinajstić information content (AvgIpc) is 2.13. The van der Waals surface area contributed by atoms with Crippen molar-refractivity contribution in [3.8, 4) is 0 Å². The molecule has 4 nitrogen and oxygen atoms in total. The van der Waals surface area contributed by atoms with E-state index in [9.17, 15) is 4.79 Å². The summed E-state index contributed by atoms with van der Waals surface area (Å²) < 4.78 is 0. The third kappa shape index (κ3) is 7.33. The van der Waals surface area contributed by atoms with E-state index in [2.05, 4.69) is 38.4 Å². The van der Waals surface area contributed by atoms with Gasteiger partial charge in [0.05, 0.1) is 6.04 Å². The number of carbonyl (C=O) groups is 1. The Bertz CT molecular complexity index is 181. The molecule has 0 saturated heterocycles. The number of nitrogens with one attached hydrogen (secondary N) is 2. The summed E-state index contributed by atoms with van der Waals surface area (Å²) in [4.78, 5) is 11.6. The van der Waals surface area contributed by atoms with Crippen molar-refractivity contribution in [1.82, 2.24) is 10.7 Å². The van der Waals surface area contributed by atoms with Crippen molar-refractivity contribution in [1.29, 1.82) is 0 Å². The van der Waals surface area contributed by atoms with Crippen molar-refractivity contribution in [2.24, 2.45) is 17.7 Å².